The van der Waals surface area contributed by atoms with E-state index in [4.69, 9.17) is 4.42 Å². The molecule has 1 aliphatic carbocycles. The smallest absolute Gasteiger partial charge is 0.392 e. The van der Waals surface area contributed by atoms with E-state index in [0.717, 1.165) is 6.42 Å². The summed E-state index contributed by atoms with van der Waals surface area (Å²) in [6.07, 6.45) is -2.19. The van der Waals surface area contributed by atoms with Gasteiger partial charge in [0.05, 0.1) is 12.5 Å². The highest BCUT2D eigenvalue weighted by Gasteiger charge is 2.47. The Labute approximate surface area is 103 Å². The van der Waals surface area contributed by atoms with Gasteiger partial charge in [-0.3, -0.25) is 0 Å². The molecule has 1 aliphatic rings. The molecule has 1 saturated carbocycles. The van der Waals surface area contributed by atoms with Gasteiger partial charge in [0.25, 0.3) is 0 Å². The first-order valence-electron chi connectivity index (χ1n) is 6.06. The first kappa shape index (κ1) is 13.3. The van der Waals surface area contributed by atoms with Gasteiger partial charge in [0.15, 0.2) is 0 Å². The van der Waals surface area contributed by atoms with E-state index in [1.165, 1.54) is 0 Å². The van der Waals surface area contributed by atoms with Crippen molar-refractivity contribution < 1.29 is 17.6 Å². The molecule has 0 spiro atoms. The molecule has 7 heteroatoms. The second kappa shape index (κ2) is 5.26. The lowest BCUT2D eigenvalue weighted by molar-refractivity contribution is -0.188. The maximum atomic E-state index is 12.9. The van der Waals surface area contributed by atoms with Crippen molar-refractivity contribution in [1.82, 2.24) is 15.5 Å². The molecule has 2 unspecified atom stereocenters. The molecule has 2 atom stereocenters. The van der Waals surface area contributed by atoms with E-state index >= 15 is 0 Å². The molecule has 4 nitrogen and oxygen atoms in total. The second-order valence-corrected chi connectivity index (χ2v) is 4.60. The lowest BCUT2D eigenvalue weighted by Crippen LogP contribution is -2.31. The van der Waals surface area contributed by atoms with Crippen molar-refractivity contribution in [1.29, 1.82) is 0 Å². The minimum atomic E-state index is -4.19. The summed E-state index contributed by atoms with van der Waals surface area (Å²) in [4.78, 5) is 0. The zero-order chi connectivity index (χ0) is 13.2. The Kier molecular flexibility index (Phi) is 3.89. The minimum Gasteiger partial charge on any atom is -0.424 e. The summed E-state index contributed by atoms with van der Waals surface area (Å²) in [6.45, 7) is 0.371. The molecule has 0 bridgehead atoms. The third-order valence-corrected chi connectivity index (χ3v) is 3.31. The normalized spacial score (nSPS) is 25.3. The standard InChI is InChI=1S/C11H16F3N3O/c1-15-6-9-16-17-10(18-9)7-4-2-3-5-8(7)11(12,13)14/h7-8,15H,2-6H2,1H3. The maximum absolute atomic E-state index is 12.9. The van der Waals surface area contributed by atoms with Crippen LogP contribution in [0.4, 0.5) is 13.2 Å². The first-order chi connectivity index (χ1) is 8.52. The Balaban J connectivity index is 2.17. The zero-order valence-electron chi connectivity index (χ0n) is 10.1. The number of hydrogen-bond donors (Lipinski definition) is 1. The van der Waals surface area contributed by atoms with E-state index in [9.17, 15) is 13.2 Å². The fourth-order valence-electron chi connectivity index (χ4n) is 2.46. The summed E-state index contributed by atoms with van der Waals surface area (Å²) in [7, 11) is 1.71. The van der Waals surface area contributed by atoms with Crippen LogP contribution in [0.1, 0.15) is 43.4 Å². The maximum Gasteiger partial charge on any atom is 0.392 e. The van der Waals surface area contributed by atoms with E-state index in [-0.39, 0.29) is 12.3 Å². The summed E-state index contributed by atoms with van der Waals surface area (Å²) in [5.41, 5.74) is 0. The Bertz CT molecular complexity index is 391. The van der Waals surface area contributed by atoms with Crippen LogP contribution in [-0.4, -0.2) is 23.4 Å². The van der Waals surface area contributed by atoms with Crippen molar-refractivity contribution >= 4 is 0 Å². The molecule has 1 heterocycles. The van der Waals surface area contributed by atoms with Gasteiger partial charge in [0.1, 0.15) is 0 Å². The van der Waals surface area contributed by atoms with Crippen LogP contribution in [0.25, 0.3) is 0 Å². The lowest BCUT2D eigenvalue weighted by atomic mass is 9.79. The lowest BCUT2D eigenvalue weighted by Gasteiger charge is -2.30. The van der Waals surface area contributed by atoms with Crippen LogP contribution in [0.3, 0.4) is 0 Å². The van der Waals surface area contributed by atoms with E-state index in [1.807, 2.05) is 0 Å². The highest BCUT2D eigenvalue weighted by Crippen LogP contribution is 2.45. The molecule has 18 heavy (non-hydrogen) atoms. The number of halogens is 3. The molecule has 1 N–H and O–H groups in total. The van der Waals surface area contributed by atoms with Gasteiger partial charge < -0.3 is 9.73 Å². The van der Waals surface area contributed by atoms with Crippen molar-refractivity contribution in [2.45, 2.75) is 44.3 Å². The number of rotatable bonds is 3. The third-order valence-electron chi connectivity index (χ3n) is 3.31. The predicted molar refractivity (Wildman–Crippen MR) is 57.8 cm³/mol. The highest BCUT2D eigenvalue weighted by molar-refractivity contribution is 4.99. The Morgan fingerprint density at radius 2 is 2.00 bits per heavy atom. The van der Waals surface area contributed by atoms with Crippen LogP contribution in [0, 0.1) is 5.92 Å². The van der Waals surface area contributed by atoms with Gasteiger partial charge in [-0.25, -0.2) is 0 Å². The van der Waals surface area contributed by atoms with Gasteiger partial charge in [-0.1, -0.05) is 12.8 Å². The van der Waals surface area contributed by atoms with Crippen molar-refractivity contribution in [3.8, 4) is 0 Å². The summed E-state index contributed by atoms with van der Waals surface area (Å²) in [5, 5.41) is 10.3. The fourth-order valence-corrected chi connectivity index (χ4v) is 2.46. The van der Waals surface area contributed by atoms with Gasteiger partial charge in [-0.05, 0) is 19.9 Å². The summed E-state index contributed by atoms with van der Waals surface area (Å²) in [6, 6.07) is 0. The first-order valence-corrected chi connectivity index (χ1v) is 6.06. The van der Waals surface area contributed by atoms with Crippen LogP contribution in [0.2, 0.25) is 0 Å². The van der Waals surface area contributed by atoms with Gasteiger partial charge in [-0.2, -0.15) is 13.2 Å². The van der Waals surface area contributed by atoms with Gasteiger partial charge >= 0.3 is 6.18 Å². The van der Waals surface area contributed by atoms with Crippen LogP contribution in [-0.2, 0) is 6.54 Å². The van der Waals surface area contributed by atoms with Gasteiger partial charge in [-0.15, -0.1) is 10.2 Å². The second-order valence-electron chi connectivity index (χ2n) is 4.60. The molecular weight excluding hydrogens is 247 g/mol. The number of alkyl halides is 3. The van der Waals surface area contributed by atoms with Crippen molar-refractivity contribution in [2.75, 3.05) is 7.05 Å². The molecular formula is C11H16F3N3O. The minimum absolute atomic E-state index is 0.127. The molecule has 0 aliphatic heterocycles. The van der Waals surface area contributed by atoms with E-state index in [0.29, 0.717) is 25.3 Å². The van der Waals surface area contributed by atoms with E-state index in [2.05, 4.69) is 15.5 Å². The van der Waals surface area contributed by atoms with Crippen LogP contribution in [0.15, 0.2) is 4.42 Å². The Hall–Kier alpha value is -1.11. The quantitative estimate of drug-likeness (QED) is 0.910. The van der Waals surface area contributed by atoms with Crippen molar-refractivity contribution in [3.05, 3.63) is 11.8 Å². The molecule has 0 saturated heterocycles. The topological polar surface area (TPSA) is 51.0 Å². The highest BCUT2D eigenvalue weighted by atomic mass is 19.4. The molecule has 1 aromatic rings. The molecule has 1 fully saturated rings. The predicted octanol–water partition coefficient (Wildman–Crippen LogP) is 2.63. The number of nitrogens with one attached hydrogen (secondary N) is 1. The largest absolute Gasteiger partial charge is 0.424 e. The van der Waals surface area contributed by atoms with Crippen molar-refractivity contribution in [3.63, 3.8) is 0 Å². The Morgan fingerprint density at radius 1 is 1.28 bits per heavy atom. The monoisotopic (exact) mass is 263 g/mol. The molecule has 1 aromatic heterocycles. The summed E-state index contributed by atoms with van der Waals surface area (Å²) < 4.78 is 44.1. The number of nitrogens with zero attached hydrogens (tertiary/aromatic N) is 2. The van der Waals surface area contributed by atoms with Crippen LogP contribution < -0.4 is 5.32 Å². The molecule has 0 radical (unpaired) electrons. The zero-order valence-corrected chi connectivity index (χ0v) is 10.1. The number of hydrogen-bond acceptors (Lipinski definition) is 4. The fraction of sp³-hybridized carbons (Fsp3) is 0.818. The molecule has 102 valence electrons. The molecule has 0 aromatic carbocycles. The average molecular weight is 263 g/mol. The SMILES string of the molecule is CNCc1nnc(C2CCCCC2C(F)(F)F)o1. The van der Waals surface area contributed by atoms with E-state index in [1.54, 1.807) is 7.05 Å². The number of aromatic nitrogens is 2. The third kappa shape index (κ3) is 2.82. The van der Waals surface area contributed by atoms with Gasteiger partial charge in [0, 0.05) is 5.92 Å². The van der Waals surface area contributed by atoms with Crippen molar-refractivity contribution in [2.24, 2.45) is 5.92 Å². The average Bonchev–Trinajstić information content (AvgIpc) is 2.77. The molecule has 2 rings (SSSR count). The van der Waals surface area contributed by atoms with Crippen LogP contribution >= 0.6 is 0 Å². The van der Waals surface area contributed by atoms with Gasteiger partial charge in [0.2, 0.25) is 11.8 Å². The summed E-state index contributed by atoms with van der Waals surface area (Å²) in [5.74, 6) is -1.58. The van der Waals surface area contributed by atoms with E-state index < -0.39 is 18.0 Å². The Morgan fingerprint density at radius 3 is 2.67 bits per heavy atom. The van der Waals surface area contributed by atoms with Crippen LogP contribution in [0.5, 0.6) is 0 Å². The molecule has 0 amide bonds. The summed E-state index contributed by atoms with van der Waals surface area (Å²) >= 11 is 0.